The molecule has 4 N–H and O–H groups in total. The SMILES string of the molecule is CC(=O)c1c[nH]c(C(=O)N[C@H](C)c2cccc(S(N)(=O)=O)c2)c1. The summed E-state index contributed by atoms with van der Waals surface area (Å²) in [4.78, 5) is 26.1. The van der Waals surface area contributed by atoms with Crippen LogP contribution >= 0.6 is 0 Å². The van der Waals surface area contributed by atoms with E-state index in [-0.39, 0.29) is 16.4 Å². The number of rotatable bonds is 5. The molecule has 0 radical (unpaired) electrons. The van der Waals surface area contributed by atoms with E-state index in [2.05, 4.69) is 10.3 Å². The highest BCUT2D eigenvalue weighted by atomic mass is 32.2. The zero-order valence-corrected chi connectivity index (χ0v) is 13.5. The van der Waals surface area contributed by atoms with Gasteiger partial charge in [0, 0.05) is 11.8 Å². The summed E-state index contributed by atoms with van der Waals surface area (Å²) in [5.74, 6) is -0.541. The lowest BCUT2D eigenvalue weighted by Gasteiger charge is -2.14. The lowest BCUT2D eigenvalue weighted by Crippen LogP contribution is -2.27. The molecular formula is C15H17N3O4S. The van der Waals surface area contributed by atoms with E-state index < -0.39 is 22.0 Å². The number of hydrogen-bond acceptors (Lipinski definition) is 4. The Morgan fingerprint density at radius 1 is 1.26 bits per heavy atom. The van der Waals surface area contributed by atoms with Crippen molar-refractivity contribution in [3.05, 3.63) is 53.3 Å². The van der Waals surface area contributed by atoms with Crippen LogP contribution in [0.15, 0.2) is 41.4 Å². The summed E-state index contributed by atoms with van der Waals surface area (Å²) in [5, 5.41) is 7.82. The van der Waals surface area contributed by atoms with Crippen LogP contribution in [0.2, 0.25) is 0 Å². The zero-order valence-electron chi connectivity index (χ0n) is 12.7. The van der Waals surface area contributed by atoms with Crippen LogP contribution in [-0.2, 0) is 10.0 Å². The molecule has 1 aromatic heterocycles. The first-order valence-electron chi connectivity index (χ1n) is 6.81. The molecule has 0 bridgehead atoms. The van der Waals surface area contributed by atoms with Crippen molar-refractivity contribution in [3.8, 4) is 0 Å². The Bertz CT molecular complexity index is 855. The molecule has 2 rings (SSSR count). The Balaban J connectivity index is 2.16. The van der Waals surface area contributed by atoms with Gasteiger partial charge in [0.1, 0.15) is 5.69 Å². The third kappa shape index (κ3) is 4.05. The van der Waals surface area contributed by atoms with E-state index in [1.807, 2.05) is 0 Å². The van der Waals surface area contributed by atoms with Gasteiger partial charge in [-0.05, 0) is 37.6 Å². The first kappa shape index (κ1) is 16.9. The van der Waals surface area contributed by atoms with Crippen molar-refractivity contribution in [2.45, 2.75) is 24.8 Å². The number of sulfonamides is 1. The van der Waals surface area contributed by atoms with Crippen molar-refractivity contribution in [2.24, 2.45) is 5.14 Å². The standard InChI is InChI=1S/C15H17N3O4S/c1-9(11-4-3-5-13(6-11)23(16,21)22)18-15(20)14-7-12(8-17-14)10(2)19/h3-9,17H,1-2H3,(H,18,20)(H2,16,21,22)/t9-/m1/s1. The van der Waals surface area contributed by atoms with Crippen LogP contribution in [0.25, 0.3) is 0 Å². The van der Waals surface area contributed by atoms with E-state index >= 15 is 0 Å². The normalized spacial score (nSPS) is 12.7. The maximum atomic E-state index is 12.1. The molecule has 0 spiro atoms. The molecule has 1 amide bonds. The molecule has 122 valence electrons. The third-order valence-electron chi connectivity index (χ3n) is 3.37. The van der Waals surface area contributed by atoms with Gasteiger partial charge in [-0.3, -0.25) is 9.59 Å². The molecule has 0 aliphatic rings. The number of nitrogens with one attached hydrogen (secondary N) is 2. The van der Waals surface area contributed by atoms with Crippen LogP contribution in [0.4, 0.5) is 0 Å². The number of Topliss-reactive ketones (excluding diaryl/α,β-unsaturated/α-hetero) is 1. The van der Waals surface area contributed by atoms with E-state index in [0.717, 1.165) is 0 Å². The quantitative estimate of drug-likeness (QED) is 0.714. The first-order chi connectivity index (χ1) is 10.7. The fraction of sp³-hybridized carbons (Fsp3) is 0.200. The second kappa shape index (κ2) is 6.35. The topological polar surface area (TPSA) is 122 Å². The summed E-state index contributed by atoms with van der Waals surface area (Å²) in [6.45, 7) is 3.13. The lowest BCUT2D eigenvalue weighted by atomic mass is 10.1. The van der Waals surface area contributed by atoms with Crippen molar-refractivity contribution in [3.63, 3.8) is 0 Å². The Labute approximate surface area is 133 Å². The Hall–Kier alpha value is -2.45. The van der Waals surface area contributed by atoms with Gasteiger partial charge >= 0.3 is 0 Å². The molecule has 1 aromatic carbocycles. The number of aromatic amines is 1. The Morgan fingerprint density at radius 3 is 2.52 bits per heavy atom. The van der Waals surface area contributed by atoms with E-state index in [0.29, 0.717) is 11.1 Å². The molecule has 0 saturated carbocycles. The van der Waals surface area contributed by atoms with E-state index in [9.17, 15) is 18.0 Å². The van der Waals surface area contributed by atoms with Crippen LogP contribution in [0.1, 0.15) is 46.3 Å². The van der Waals surface area contributed by atoms with Crippen LogP contribution in [0.5, 0.6) is 0 Å². The van der Waals surface area contributed by atoms with Crippen molar-refractivity contribution >= 4 is 21.7 Å². The average molecular weight is 335 g/mol. The summed E-state index contributed by atoms with van der Waals surface area (Å²) in [7, 11) is -3.80. The van der Waals surface area contributed by atoms with Crippen LogP contribution in [0, 0.1) is 0 Å². The maximum absolute atomic E-state index is 12.1. The van der Waals surface area contributed by atoms with Crippen LogP contribution < -0.4 is 10.5 Å². The summed E-state index contributed by atoms with van der Waals surface area (Å²) in [6, 6.07) is 7.07. The number of ketones is 1. The molecular weight excluding hydrogens is 318 g/mol. The van der Waals surface area contributed by atoms with Gasteiger partial charge in [0.15, 0.2) is 5.78 Å². The largest absolute Gasteiger partial charge is 0.356 e. The van der Waals surface area contributed by atoms with Gasteiger partial charge in [0.2, 0.25) is 10.0 Å². The van der Waals surface area contributed by atoms with E-state index in [1.54, 1.807) is 19.1 Å². The molecule has 1 heterocycles. The van der Waals surface area contributed by atoms with Gasteiger partial charge in [-0.15, -0.1) is 0 Å². The van der Waals surface area contributed by atoms with Gasteiger partial charge in [-0.25, -0.2) is 13.6 Å². The minimum atomic E-state index is -3.80. The number of amides is 1. The monoisotopic (exact) mass is 335 g/mol. The molecule has 0 fully saturated rings. The van der Waals surface area contributed by atoms with Gasteiger partial charge < -0.3 is 10.3 Å². The third-order valence-corrected chi connectivity index (χ3v) is 4.28. The Kier molecular flexibility index (Phi) is 4.67. The number of H-pyrrole nitrogens is 1. The predicted molar refractivity (Wildman–Crippen MR) is 84.5 cm³/mol. The summed E-state index contributed by atoms with van der Waals surface area (Å²) in [5.41, 5.74) is 1.27. The molecule has 0 aliphatic carbocycles. The predicted octanol–water partition coefficient (Wildman–Crippen LogP) is 1.36. The maximum Gasteiger partial charge on any atom is 0.268 e. The second-order valence-corrected chi connectivity index (χ2v) is 6.73. The van der Waals surface area contributed by atoms with Crippen LogP contribution in [0.3, 0.4) is 0 Å². The van der Waals surface area contributed by atoms with Gasteiger partial charge in [0.25, 0.3) is 5.91 Å². The number of benzene rings is 1. The minimum Gasteiger partial charge on any atom is -0.356 e. The van der Waals surface area contributed by atoms with E-state index in [1.165, 1.54) is 31.3 Å². The molecule has 0 saturated heterocycles. The Morgan fingerprint density at radius 2 is 1.96 bits per heavy atom. The molecule has 8 heteroatoms. The summed E-state index contributed by atoms with van der Waals surface area (Å²) in [6.07, 6.45) is 1.46. The number of nitrogens with two attached hydrogens (primary N) is 1. The fourth-order valence-corrected chi connectivity index (χ4v) is 2.62. The number of aromatic nitrogens is 1. The van der Waals surface area contributed by atoms with Crippen molar-refractivity contribution in [1.82, 2.24) is 10.3 Å². The number of carbonyl (C=O) groups excluding carboxylic acids is 2. The van der Waals surface area contributed by atoms with Gasteiger partial charge in [-0.2, -0.15) is 0 Å². The fourth-order valence-electron chi connectivity index (χ4n) is 2.05. The van der Waals surface area contributed by atoms with Crippen molar-refractivity contribution in [1.29, 1.82) is 0 Å². The number of carbonyl (C=O) groups is 2. The summed E-state index contributed by atoms with van der Waals surface area (Å²) >= 11 is 0. The first-order valence-corrected chi connectivity index (χ1v) is 8.36. The molecule has 7 nitrogen and oxygen atoms in total. The highest BCUT2D eigenvalue weighted by Crippen LogP contribution is 2.17. The van der Waals surface area contributed by atoms with Gasteiger partial charge in [0.05, 0.1) is 10.9 Å². The van der Waals surface area contributed by atoms with E-state index in [4.69, 9.17) is 5.14 Å². The smallest absolute Gasteiger partial charge is 0.268 e. The van der Waals surface area contributed by atoms with Crippen LogP contribution in [-0.4, -0.2) is 25.1 Å². The van der Waals surface area contributed by atoms with Crippen molar-refractivity contribution in [2.75, 3.05) is 0 Å². The van der Waals surface area contributed by atoms with Gasteiger partial charge in [-0.1, -0.05) is 12.1 Å². The zero-order chi connectivity index (χ0) is 17.2. The highest BCUT2D eigenvalue weighted by molar-refractivity contribution is 7.89. The lowest BCUT2D eigenvalue weighted by molar-refractivity contribution is 0.0935. The molecule has 2 aromatic rings. The number of hydrogen-bond donors (Lipinski definition) is 3. The molecule has 0 aliphatic heterocycles. The molecule has 0 unspecified atom stereocenters. The molecule has 23 heavy (non-hydrogen) atoms. The molecule has 1 atom stereocenters. The minimum absolute atomic E-state index is 0.0187. The average Bonchev–Trinajstić information content (AvgIpc) is 2.96. The summed E-state index contributed by atoms with van der Waals surface area (Å²) < 4.78 is 22.7. The van der Waals surface area contributed by atoms with Crippen molar-refractivity contribution < 1.29 is 18.0 Å². The highest BCUT2D eigenvalue weighted by Gasteiger charge is 2.16. The number of primary sulfonamides is 1. The second-order valence-electron chi connectivity index (χ2n) is 5.17.